The van der Waals surface area contributed by atoms with Gasteiger partial charge in [0.25, 0.3) is 5.91 Å². The van der Waals surface area contributed by atoms with Gasteiger partial charge < -0.3 is 10.6 Å². The van der Waals surface area contributed by atoms with Gasteiger partial charge in [0.2, 0.25) is 5.91 Å². The first kappa shape index (κ1) is 40.3. The Bertz CT molecular complexity index is 2890. The molecule has 12 nitrogen and oxygen atoms in total. The van der Waals surface area contributed by atoms with Gasteiger partial charge in [-0.3, -0.25) is 19.7 Å². The minimum absolute atomic E-state index is 0.0479. The van der Waals surface area contributed by atoms with E-state index in [1.54, 1.807) is 50.9 Å². The van der Waals surface area contributed by atoms with Crippen molar-refractivity contribution in [1.82, 2.24) is 34.5 Å². The fraction of sp³-hybridized carbons (Fsp3) is 0.0682. The van der Waals surface area contributed by atoms with Crippen LogP contribution in [0.3, 0.4) is 0 Å². The van der Waals surface area contributed by atoms with Crippen molar-refractivity contribution in [3.63, 3.8) is 0 Å². The summed E-state index contributed by atoms with van der Waals surface area (Å²) in [5, 5.41) is 20.7. The lowest BCUT2D eigenvalue weighted by Gasteiger charge is -2.10. The average molecular weight is 871 g/mol. The van der Waals surface area contributed by atoms with Crippen molar-refractivity contribution in [3.8, 4) is 0 Å². The quantitative estimate of drug-likeness (QED) is 0.0354. The van der Waals surface area contributed by atoms with E-state index in [9.17, 15) is 14.4 Å². The van der Waals surface area contributed by atoms with E-state index in [1.807, 2.05) is 91.0 Å². The molecule has 16 heteroatoms. The molecule has 0 unspecified atom stereocenters. The van der Waals surface area contributed by atoms with Crippen molar-refractivity contribution in [1.29, 1.82) is 0 Å². The summed E-state index contributed by atoms with van der Waals surface area (Å²) in [5.74, 6) is 2.09. The summed E-state index contributed by atoms with van der Waals surface area (Å²) in [4.78, 5) is 44.2. The highest BCUT2D eigenvalue weighted by Crippen LogP contribution is 2.31. The van der Waals surface area contributed by atoms with Crippen molar-refractivity contribution < 1.29 is 14.4 Å². The van der Waals surface area contributed by atoms with Crippen LogP contribution >= 0.6 is 46.7 Å². The molecule has 9 rings (SSSR count). The van der Waals surface area contributed by atoms with Crippen LogP contribution in [0.4, 0.5) is 23.0 Å². The third kappa shape index (κ3) is 9.87. The van der Waals surface area contributed by atoms with Gasteiger partial charge in [-0.1, -0.05) is 96.0 Å². The molecule has 0 radical (unpaired) electrons. The number of aromatic nitrogens is 6. The third-order valence-electron chi connectivity index (χ3n) is 8.94. The first-order valence-corrected chi connectivity index (χ1v) is 21.2. The van der Waals surface area contributed by atoms with Gasteiger partial charge in [0.1, 0.15) is 21.7 Å². The smallest absolute Gasteiger partial charge is 0.254 e. The average Bonchev–Trinajstić information content (AvgIpc) is 3.95. The molecule has 0 bridgehead atoms. The number of anilines is 4. The number of amides is 2. The Labute approximate surface area is 362 Å². The molecule has 0 spiro atoms. The molecular formula is C44H33Cl2N9O3S2. The number of halogens is 2. The topological polar surface area (TPSA) is 148 Å². The molecule has 1 fully saturated rings. The Hall–Kier alpha value is -6.45. The molecule has 4 aromatic carbocycles. The zero-order chi connectivity index (χ0) is 41.4. The number of carbonyl (C=O) groups excluding carboxylic acids is 3. The van der Waals surface area contributed by atoms with Crippen LogP contribution in [0.1, 0.15) is 33.5 Å². The minimum Gasteiger partial charge on any atom is -0.340 e. The van der Waals surface area contributed by atoms with Crippen LogP contribution in [-0.4, -0.2) is 47.3 Å². The van der Waals surface area contributed by atoms with Crippen molar-refractivity contribution in [2.75, 3.05) is 10.6 Å². The monoisotopic (exact) mass is 869 g/mol. The molecule has 1 saturated heterocycles. The summed E-state index contributed by atoms with van der Waals surface area (Å²) in [6.07, 6.45) is 5.67. The summed E-state index contributed by atoms with van der Waals surface area (Å²) < 4.78 is 3.44. The molecule has 2 amide bonds. The Morgan fingerprint density at radius 3 is 1.62 bits per heavy atom. The molecule has 1 aliphatic rings. The molecule has 5 heterocycles. The van der Waals surface area contributed by atoms with E-state index in [1.165, 1.54) is 17.3 Å². The Kier molecular flexibility index (Phi) is 12.5. The normalized spacial score (nSPS) is 13.0. The number of rotatable bonds is 12. The number of nitrogens with one attached hydrogen (secondary N) is 3. The number of hydrogen-bond donors (Lipinski definition) is 3. The van der Waals surface area contributed by atoms with Crippen LogP contribution in [0.25, 0.3) is 17.4 Å². The fourth-order valence-electron chi connectivity index (χ4n) is 6.12. The zero-order valence-electron chi connectivity index (χ0n) is 31.5. The summed E-state index contributed by atoms with van der Waals surface area (Å²) in [6.45, 7) is 0. The largest absolute Gasteiger partial charge is 0.340 e. The number of fused-ring (bicyclic) bond motifs is 2. The second-order valence-electron chi connectivity index (χ2n) is 13.3. The summed E-state index contributed by atoms with van der Waals surface area (Å²) >= 11 is 15.5. The van der Waals surface area contributed by atoms with Crippen molar-refractivity contribution in [2.45, 2.75) is 28.0 Å². The lowest BCUT2D eigenvalue weighted by atomic mass is 10.1. The molecular weight excluding hydrogens is 838 g/mol. The van der Waals surface area contributed by atoms with Gasteiger partial charge in [-0.2, -0.15) is 10.2 Å². The van der Waals surface area contributed by atoms with Crippen LogP contribution in [0, 0.1) is 0 Å². The molecule has 0 aliphatic carbocycles. The van der Waals surface area contributed by atoms with E-state index >= 15 is 0 Å². The number of nitrogens with zero attached hydrogens (tertiary/aromatic N) is 6. The van der Waals surface area contributed by atoms with Crippen LogP contribution in [-0.2, 0) is 21.1 Å². The molecule has 0 atom stereocenters. The zero-order valence-corrected chi connectivity index (χ0v) is 34.6. The standard InChI is InChI=1S/C24H18ClN5O2S.C20H15ClN4OS/c25-18-7-4-8-19(11-18)27-20-12-22(33-14-15-5-2-1-3-6-15)30-23(28-20)17(13-26-30)9-16-10-21(31)29-24(16)32;21-16-7-4-8-17(9-16)23-18-10-19(27-13-14-5-2-1-3-6-14)25-20(24-18)15(12-26)11-22-25/h1-9,11-13H,10,14H2,(H,27,28)(H,29,31,32);1-12H,13H2,(H,23,24)/b16-9+;. The number of thioether (sulfide) groups is 2. The number of imide groups is 1. The number of hydrogen-bond acceptors (Lipinski definition) is 11. The molecule has 0 saturated carbocycles. The molecule has 3 N–H and O–H groups in total. The maximum absolute atomic E-state index is 12.0. The van der Waals surface area contributed by atoms with E-state index in [0.717, 1.165) is 39.2 Å². The molecule has 4 aromatic heterocycles. The minimum atomic E-state index is -0.383. The Balaban J connectivity index is 0.000000170. The number of carbonyl (C=O) groups is 3. The molecule has 8 aromatic rings. The van der Waals surface area contributed by atoms with E-state index in [2.05, 4.69) is 55.4 Å². The van der Waals surface area contributed by atoms with Gasteiger partial charge in [-0.05, 0) is 53.6 Å². The van der Waals surface area contributed by atoms with E-state index in [-0.39, 0.29) is 18.2 Å². The Morgan fingerprint density at radius 2 is 1.15 bits per heavy atom. The molecule has 298 valence electrons. The molecule has 1 aliphatic heterocycles. The van der Waals surface area contributed by atoms with E-state index < -0.39 is 0 Å². The second-order valence-corrected chi connectivity index (χ2v) is 16.2. The summed E-state index contributed by atoms with van der Waals surface area (Å²) in [6, 6.07) is 39.0. The van der Waals surface area contributed by atoms with Gasteiger partial charge in [0.05, 0.1) is 24.4 Å². The lowest BCUT2D eigenvalue weighted by molar-refractivity contribution is -0.124. The third-order valence-corrected chi connectivity index (χ3v) is 11.5. The maximum atomic E-state index is 12.0. The van der Waals surface area contributed by atoms with Crippen LogP contribution in [0.15, 0.2) is 149 Å². The highest BCUT2D eigenvalue weighted by molar-refractivity contribution is 7.98. The number of benzene rings is 4. The highest BCUT2D eigenvalue weighted by atomic mass is 35.5. The van der Waals surface area contributed by atoms with Crippen molar-refractivity contribution in [3.05, 3.63) is 172 Å². The SMILES string of the molecule is O=C1C/C(=C\c2cnn3c(SCc4ccccc4)cc(Nc4cccc(Cl)c4)nc23)C(=O)N1.O=Cc1cnn2c(SCc3ccccc3)cc(Nc3cccc(Cl)c3)nc12. The lowest BCUT2D eigenvalue weighted by Crippen LogP contribution is -2.19. The predicted molar refractivity (Wildman–Crippen MR) is 239 cm³/mol. The second kappa shape index (κ2) is 18.6. The van der Waals surface area contributed by atoms with Gasteiger partial charge in [0, 0.05) is 56.2 Å². The van der Waals surface area contributed by atoms with Gasteiger partial charge >= 0.3 is 0 Å². The predicted octanol–water partition coefficient (Wildman–Crippen LogP) is 10.1. The maximum Gasteiger partial charge on any atom is 0.254 e. The van der Waals surface area contributed by atoms with Gasteiger partial charge in [-0.15, -0.1) is 23.5 Å². The first-order valence-electron chi connectivity index (χ1n) is 18.4. The molecule has 60 heavy (non-hydrogen) atoms. The van der Waals surface area contributed by atoms with Gasteiger partial charge in [-0.25, -0.2) is 19.0 Å². The fourth-order valence-corrected chi connectivity index (χ4v) is 8.42. The summed E-state index contributed by atoms with van der Waals surface area (Å²) in [5.41, 5.74) is 6.63. The van der Waals surface area contributed by atoms with Gasteiger partial charge in [0.15, 0.2) is 17.6 Å². The Morgan fingerprint density at radius 1 is 0.650 bits per heavy atom. The number of aldehydes is 1. The van der Waals surface area contributed by atoms with Crippen LogP contribution < -0.4 is 16.0 Å². The highest BCUT2D eigenvalue weighted by Gasteiger charge is 2.24. The van der Waals surface area contributed by atoms with E-state index in [4.69, 9.17) is 28.2 Å². The van der Waals surface area contributed by atoms with Crippen molar-refractivity contribution >= 4 is 105 Å². The van der Waals surface area contributed by atoms with Crippen LogP contribution in [0.5, 0.6) is 0 Å². The first-order chi connectivity index (χ1) is 29.3. The van der Waals surface area contributed by atoms with Crippen molar-refractivity contribution in [2.24, 2.45) is 0 Å². The van der Waals surface area contributed by atoms with E-state index in [0.29, 0.717) is 49.7 Å². The summed E-state index contributed by atoms with van der Waals surface area (Å²) in [7, 11) is 0. The van der Waals surface area contributed by atoms with Crippen LogP contribution in [0.2, 0.25) is 10.0 Å².